The molecule has 1 aromatic carbocycles. The van der Waals surface area contributed by atoms with E-state index in [-0.39, 0.29) is 11.3 Å². The van der Waals surface area contributed by atoms with Crippen molar-refractivity contribution in [3.63, 3.8) is 0 Å². The fraction of sp³-hybridized carbons (Fsp3) is 0.333. The van der Waals surface area contributed by atoms with Gasteiger partial charge in [-0.2, -0.15) is 0 Å². The second-order valence-electron chi connectivity index (χ2n) is 5.78. The highest BCUT2D eigenvalue weighted by molar-refractivity contribution is 5.91. The molecule has 3 rings (SSSR count). The van der Waals surface area contributed by atoms with E-state index >= 15 is 0 Å². The fourth-order valence-electron chi connectivity index (χ4n) is 2.82. The van der Waals surface area contributed by atoms with Gasteiger partial charge in [0.2, 0.25) is 5.91 Å². The number of amides is 1. The number of nitrogens with zero attached hydrogens (tertiary/aromatic N) is 2. The zero-order valence-electron chi connectivity index (χ0n) is 12.3. The first-order chi connectivity index (χ1) is 10.2. The molecule has 0 atom stereocenters. The van der Waals surface area contributed by atoms with Gasteiger partial charge in [-0.25, -0.2) is 0 Å². The zero-order chi connectivity index (χ0) is 14.7. The summed E-state index contributed by atoms with van der Waals surface area (Å²) < 4.78 is 0. The van der Waals surface area contributed by atoms with Crippen LogP contribution in [0.1, 0.15) is 24.0 Å². The van der Waals surface area contributed by atoms with Crippen molar-refractivity contribution in [3.05, 3.63) is 66.0 Å². The lowest BCUT2D eigenvalue weighted by atomic mass is 9.94. The summed E-state index contributed by atoms with van der Waals surface area (Å²) in [7, 11) is 1.91. The summed E-state index contributed by atoms with van der Waals surface area (Å²) in [6.45, 7) is 0.747. The van der Waals surface area contributed by atoms with Crippen molar-refractivity contribution in [3.8, 4) is 0 Å². The van der Waals surface area contributed by atoms with Gasteiger partial charge in [-0.15, -0.1) is 0 Å². The van der Waals surface area contributed by atoms with Crippen LogP contribution in [-0.4, -0.2) is 29.4 Å². The smallest absolute Gasteiger partial charge is 0.232 e. The molecule has 1 saturated carbocycles. The number of likely N-dealkylation sites (N-methyl/N-ethyl adjacent to an activating group) is 1. The molecular weight excluding hydrogens is 260 g/mol. The molecule has 2 aromatic rings. The lowest BCUT2D eigenvalue weighted by Crippen LogP contribution is -2.37. The van der Waals surface area contributed by atoms with E-state index in [0.717, 1.165) is 31.4 Å². The average Bonchev–Trinajstić information content (AvgIpc) is 3.35. The van der Waals surface area contributed by atoms with Crippen LogP contribution in [0.5, 0.6) is 0 Å². The summed E-state index contributed by atoms with van der Waals surface area (Å²) in [5, 5.41) is 0. The van der Waals surface area contributed by atoms with Crippen molar-refractivity contribution < 1.29 is 4.79 Å². The molecule has 0 unspecified atom stereocenters. The van der Waals surface area contributed by atoms with E-state index in [0.29, 0.717) is 0 Å². The van der Waals surface area contributed by atoms with Crippen LogP contribution in [0.25, 0.3) is 0 Å². The third kappa shape index (κ3) is 2.82. The van der Waals surface area contributed by atoms with E-state index in [1.54, 1.807) is 12.4 Å². The van der Waals surface area contributed by atoms with Gasteiger partial charge >= 0.3 is 0 Å². The Morgan fingerprint density at radius 2 is 1.81 bits per heavy atom. The molecule has 1 aromatic heterocycles. The summed E-state index contributed by atoms with van der Waals surface area (Å²) in [4.78, 5) is 18.7. The molecule has 1 amide bonds. The Kier molecular flexibility index (Phi) is 3.74. The molecule has 0 aliphatic heterocycles. The monoisotopic (exact) mass is 280 g/mol. The minimum atomic E-state index is -0.256. The second kappa shape index (κ2) is 5.68. The first kappa shape index (κ1) is 13.8. The van der Waals surface area contributed by atoms with Gasteiger partial charge in [0, 0.05) is 26.0 Å². The highest BCUT2D eigenvalue weighted by atomic mass is 16.2. The molecule has 3 nitrogen and oxygen atoms in total. The first-order valence-corrected chi connectivity index (χ1v) is 7.42. The molecule has 0 spiro atoms. The van der Waals surface area contributed by atoms with E-state index in [2.05, 4.69) is 17.1 Å². The Hall–Kier alpha value is -2.16. The Morgan fingerprint density at radius 3 is 2.43 bits per heavy atom. The topological polar surface area (TPSA) is 33.2 Å². The molecule has 0 N–H and O–H groups in total. The van der Waals surface area contributed by atoms with Crippen LogP contribution in [0, 0.1) is 0 Å². The number of carbonyl (C=O) groups excluding carboxylic acids is 1. The Labute approximate surface area is 125 Å². The molecule has 21 heavy (non-hydrogen) atoms. The number of carbonyl (C=O) groups is 1. The standard InChI is InChI=1S/C18H20N2O/c1-20(14-9-15-7-12-19-13-8-15)17(21)18(10-11-18)16-5-3-2-4-6-16/h2-8,12-13H,9-11,14H2,1H3. The van der Waals surface area contributed by atoms with Gasteiger partial charge in [0.1, 0.15) is 0 Å². The maximum absolute atomic E-state index is 12.8. The van der Waals surface area contributed by atoms with Crippen LogP contribution in [-0.2, 0) is 16.6 Å². The van der Waals surface area contributed by atoms with E-state index in [1.807, 2.05) is 42.3 Å². The molecule has 3 heteroatoms. The first-order valence-electron chi connectivity index (χ1n) is 7.42. The van der Waals surface area contributed by atoms with Crippen LogP contribution in [0.3, 0.4) is 0 Å². The lowest BCUT2D eigenvalue weighted by Gasteiger charge is -2.24. The summed E-state index contributed by atoms with van der Waals surface area (Å²) >= 11 is 0. The van der Waals surface area contributed by atoms with Crippen molar-refractivity contribution in [2.75, 3.05) is 13.6 Å². The normalized spacial score (nSPS) is 15.5. The molecular formula is C18H20N2O. The summed E-state index contributed by atoms with van der Waals surface area (Å²) in [6.07, 6.45) is 6.40. The Balaban J connectivity index is 1.65. The maximum Gasteiger partial charge on any atom is 0.232 e. The van der Waals surface area contributed by atoms with Crippen molar-refractivity contribution >= 4 is 5.91 Å². The molecule has 1 aliphatic carbocycles. The van der Waals surface area contributed by atoms with E-state index < -0.39 is 0 Å². The fourth-order valence-corrected chi connectivity index (χ4v) is 2.82. The number of pyridine rings is 1. The van der Waals surface area contributed by atoms with E-state index in [4.69, 9.17) is 0 Å². The summed E-state index contributed by atoms with van der Waals surface area (Å²) in [6, 6.07) is 14.2. The Morgan fingerprint density at radius 1 is 1.14 bits per heavy atom. The maximum atomic E-state index is 12.8. The van der Waals surface area contributed by atoms with E-state index in [1.165, 1.54) is 5.56 Å². The summed E-state index contributed by atoms with van der Waals surface area (Å²) in [5.41, 5.74) is 2.12. The lowest BCUT2D eigenvalue weighted by molar-refractivity contribution is -0.132. The number of benzene rings is 1. The van der Waals surface area contributed by atoms with Gasteiger partial charge in [-0.1, -0.05) is 30.3 Å². The number of hydrogen-bond donors (Lipinski definition) is 0. The van der Waals surface area contributed by atoms with Gasteiger partial charge in [0.05, 0.1) is 5.41 Å². The van der Waals surface area contributed by atoms with Gasteiger partial charge in [-0.3, -0.25) is 9.78 Å². The number of rotatable bonds is 5. The molecule has 1 heterocycles. The predicted molar refractivity (Wildman–Crippen MR) is 82.9 cm³/mol. The quantitative estimate of drug-likeness (QED) is 0.844. The van der Waals surface area contributed by atoms with E-state index in [9.17, 15) is 4.79 Å². The Bertz CT molecular complexity index is 606. The average molecular weight is 280 g/mol. The van der Waals surface area contributed by atoms with Crippen molar-refractivity contribution in [1.82, 2.24) is 9.88 Å². The molecule has 108 valence electrons. The van der Waals surface area contributed by atoms with Gasteiger partial charge in [-0.05, 0) is 42.5 Å². The highest BCUT2D eigenvalue weighted by Crippen LogP contribution is 2.49. The van der Waals surface area contributed by atoms with Gasteiger partial charge in [0.25, 0.3) is 0 Å². The third-order valence-corrected chi connectivity index (χ3v) is 4.32. The van der Waals surface area contributed by atoms with Crippen molar-refractivity contribution in [1.29, 1.82) is 0 Å². The molecule has 0 radical (unpaired) electrons. The zero-order valence-corrected chi connectivity index (χ0v) is 12.3. The molecule has 0 bridgehead atoms. The minimum Gasteiger partial charge on any atom is -0.345 e. The van der Waals surface area contributed by atoms with Crippen molar-refractivity contribution in [2.45, 2.75) is 24.7 Å². The highest BCUT2D eigenvalue weighted by Gasteiger charge is 2.52. The van der Waals surface area contributed by atoms with Gasteiger partial charge in [0.15, 0.2) is 0 Å². The molecule has 0 saturated heterocycles. The molecule has 1 aliphatic rings. The van der Waals surface area contributed by atoms with Crippen LogP contribution >= 0.6 is 0 Å². The SMILES string of the molecule is CN(CCc1ccncc1)C(=O)C1(c2ccccc2)CC1. The summed E-state index contributed by atoms with van der Waals surface area (Å²) in [5.74, 6) is 0.253. The number of hydrogen-bond acceptors (Lipinski definition) is 2. The molecule has 1 fully saturated rings. The largest absolute Gasteiger partial charge is 0.345 e. The van der Waals surface area contributed by atoms with Crippen molar-refractivity contribution in [2.24, 2.45) is 0 Å². The van der Waals surface area contributed by atoms with Gasteiger partial charge < -0.3 is 4.90 Å². The number of aromatic nitrogens is 1. The third-order valence-electron chi connectivity index (χ3n) is 4.32. The predicted octanol–water partition coefficient (Wildman–Crippen LogP) is 2.81. The minimum absolute atomic E-state index is 0.253. The second-order valence-corrected chi connectivity index (χ2v) is 5.78. The van der Waals surface area contributed by atoms with Crippen LogP contribution in [0.15, 0.2) is 54.9 Å². The van der Waals surface area contributed by atoms with Crippen LogP contribution in [0.2, 0.25) is 0 Å². The van der Waals surface area contributed by atoms with Crippen LogP contribution in [0.4, 0.5) is 0 Å². The van der Waals surface area contributed by atoms with Crippen LogP contribution < -0.4 is 0 Å².